The van der Waals surface area contributed by atoms with Gasteiger partial charge in [-0.05, 0) is 137 Å². The van der Waals surface area contributed by atoms with E-state index in [-0.39, 0.29) is 28.7 Å². The summed E-state index contributed by atoms with van der Waals surface area (Å²) < 4.78 is 15.6. The average molecular weight is 700 g/mol. The fourth-order valence-electron chi connectivity index (χ4n) is 13.9. The molecule has 1 aromatic heterocycles. The lowest BCUT2D eigenvalue weighted by molar-refractivity contribution is -0.301. The molecule has 3 aliphatic heterocycles. The number of aliphatic hydroxyl groups is 3. The molecule has 51 heavy (non-hydrogen) atoms. The number of rotatable bonds is 4. The van der Waals surface area contributed by atoms with E-state index in [9.17, 15) is 25.2 Å². The Morgan fingerprint density at radius 1 is 1.04 bits per heavy atom. The van der Waals surface area contributed by atoms with Gasteiger partial charge in [0.2, 0.25) is 0 Å². The third-order valence-corrected chi connectivity index (χ3v) is 16.3. The van der Waals surface area contributed by atoms with E-state index in [2.05, 4.69) is 78.7 Å². The first-order valence-electron chi connectivity index (χ1n) is 19.4. The quantitative estimate of drug-likeness (QED) is 0.250. The molecule has 1 aromatic carbocycles. The van der Waals surface area contributed by atoms with Gasteiger partial charge in [0.05, 0.1) is 47.0 Å². The fraction of sp³-hybridized carbons (Fsp3) is 0.698. The molecule has 8 nitrogen and oxygen atoms in total. The number of carbonyl (C=O) groups is 1. The second kappa shape index (κ2) is 9.97. The Labute approximate surface area is 301 Å². The Morgan fingerprint density at radius 3 is 2.41 bits per heavy atom. The minimum Gasteiger partial charge on any atom is -0.481 e. The highest BCUT2D eigenvalue weighted by Crippen LogP contribution is 2.74. The largest absolute Gasteiger partial charge is 0.481 e. The molecule has 276 valence electrons. The average Bonchev–Trinajstić information content (AvgIpc) is 3.78. The second-order valence-corrected chi connectivity index (χ2v) is 19.6. The number of aliphatic hydroxyl groups excluding tert-OH is 2. The van der Waals surface area contributed by atoms with Crippen molar-refractivity contribution in [1.29, 1.82) is 0 Å². The first kappa shape index (κ1) is 34.3. The molecular weight excluding hydrogens is 642 g/mol. The summed E-state index contributed by atoms with van der Waals surface area (Å²) in [6.07, 6.45) is 5.09. The van der Waals surface area contributed by atoms with Crippen LogP contribution in [0.2, 0.25) is 0 Å². The lowest BCUT2D eigenvalue weighted by Gasteiger charge is -2.65. The number of aliphatic carboxylic acids is 1. The number of benzene rings is 1. The topological polar surface area (TPSA) is 121 Å². The Morgan fingerprint density at radius 2 is 1.75 bits per heavy atom. The first-order valence-corrected chi connectivity index (χ1v) is 19.4. The first-order chi connectivity index (χ1) is 23.6. The van der Waals surface area contributed by atoms with E-state index in [0.717, 1.165) is 43.2 Å². The molecule has 0 unspecified atom stereocenters. The third-order valence-electron chi connectivity index (χ3n) is 16.3. The summed E-state index contributed by atoms with van der Waals surface area (Å²) in [6.45, 7) is 23.8. The summed E-state index contributed by atoms with van der Waals surface area (Å²) in [6, 6.07) is 2.50. The number of carboxylic acids is 1. The van der Waals surface area contributed by atoms with E-state index >= 15 is 0 Å². The Kier molecular flexibility index (Phi) is 6.71. The van der Waals surface area contributed by atoms with Crippen LogP contribution in [0.3, 0.4) is 0 Å². The van der Waals surface area contributed by atoms with Gasteiger partial charge in [-0.15, -0.1) is 0 Å². The number of ether oxygens (including phenoxy) is 2. The van der Waals surface area contributed by atoms with Crippen molar-refractivity contribution in [3.63, 3.8) is 0 Å². The van der Waals surface area contributed by atoms with Crippen molar-refractivity contribution in [3.8, 4) is 0 Å². The van der Waals surface area contributed by atoms with Gasteiger partial charge in [-0.1, -0.05) is 32.9 Å². The predicted octanol–water partition coefficient (Wildman–Crippen LogP) is 7.15. The van der Waals surface area contributed by atoms with E-state index in [1.54, 1.807) is 0 Å². The minimum absolute atomic E-state index is 0.0877. The number of fused-ring (bicyclic) bond motifs is 13. The second-order valence-electron chi connectivity index (χ2n) is 19.6. The van der Waals surface area contributed by atoms with Gasteiger partial charge in [-0.3, -0.25) is 4.79 Å². The number of hydrogen-bond donors (Lipinski definition) is 4. The Bertz CT molecular complexity index is 1970. The van der Waals surface area contributed by atoms with Crippen LogP contribution in [0, 0.1) is 34.5 Å². The van der Waals surface area contributed by atoms with Crippen LogP contribution < -0.4 is 0 Å². The molecule has 4 aliphatic carbocycles. The molecule has 4 heterocycles. The maximum absolute atomic E-state index is 12.3. The van der Waals surface area contributed by atoms with Crippen LogP contribution >= 0.6 is 0 Å². The van der Waals surface area contributed by atoms with Crippen molar-refractivity contribution in [2.45, 2.75) is 154 Å². The number of carboxylic acid groups (broad SMARTS) is 1. The lowest BCUT2D eigenvalue weighted by Crippen LogP contribution is -2.65. The number of aromatic nitrogens is 1. The molecule has 12 atom stereocenters. The molecule has 0 spiro atoms. The summed E-state index contributed by atoms with van der Waals surface area (Å²) in [5.41, 5.74) is 7.96. The predicted molar refractivity (Wildman–Crippen MR) is 195 cm³/mol. The molecule has 2 saturated carbocycles. The Hall–Kier alpha value is -2.49. The van der Waals surface area contributed by atoms with Crippen molar-refractivity contribution >= 4 is 22.4 Å². The highest BCUT2D eigenvalue weighted by Gasteiger charge is 2.73. The zero-order valence-corrected chi connectivity index (χ0v) is 31.9. The molecule has 4 N–H and O–H groups in total. The van der Waals surface area contributed by atoms with Gasteiger partial charge in [0.1, 0.15) is 0 Å². The molecule has 0 radical (unpaired) electrons. The van der Waals surface area contributed by atoms with Crippen molar-refractivity contribution < 1.29 is 34.7 Å². The fourth-order valence-corrected chi connectivity index (χ4v) is 13.9. The smallest absolute Gasteiger partial charge is 0.308 e. The third kappa shape index (κ3) is 3.92. The number of hydrogen-bond acceptors (Lipinski definition) is 6. The monoisotopic (exact) mass is 699 g/mol. The molecule has 3 fully saturated rings. The molecule has 8 heteroatoms. The van der Waals surface area contributed by atoms with Crippen molar-refractivity contribution in [3.05, 3.63) is 52.2 Å². The van der Waals surface area contributed by atoms with E-state index < -0.39 is 52.6 Å². The number of allylic oxidation sites excluding steroid dienone is 1. The van der Waals surface area contributed by atoms with Gasteiger partial charge in [0, 0.05) is 34.2 Å². The molecule has 0 amide bonds. The minimum atomic E-state index is -1.42. The highest BCUT2D eigenvalue weighted by atomic mass is 16.6. The standard InChI is InChI=1S/C43H57NO7/c1-20(2)28-17-26-31-23(27-18-38(4,5)51-39(6,7)32(27)35(31)46)16-24-25-15-22-11-12-30-40(8,42(22,10)36(25)44(28)33(24)26)13-14-43(49)41(30,9)19-29(50-43)34(45)21(3)37(47)48/h16,18,21-22,28-30,32,34-35,45-46,49H,1,11-15,17,19H2,2-10H3,(H,47,48)/t21-,22-,28-,29-,30+,32+,34+,35+,40-,41-,42+,43-/m0/s1. The van der Waals surface area contributed by atoms with Crippen LogP contribution in [0.15, 0.2) is 24.3 Å². The molecule has 1 saturated heterocycles. The van der Waals surface area contributed by atoms with Gasteiger partial charge in [-0.25, -0.2) is 0 Å². The highest BCUT2D eigenvalue weighted by molar-refractivity contribution is 5.97. The SMILES string of the molecule is C=C(C)[C@@H]1Cc2c3c(cc4c5c(n1c24)[C@@]1(C)[C@@H](CC[C@@H]2[C@]1(C)CC[C@]1(O)O[C@H]([C@H](O)[C@H](C)C(=O)O)C[C@@]21C)C5)C1=CC(C)(C)OC(C)(C)[C@H]1[C@@H]3O. The van der Waals surface area contributed by atoms with Crippen LogP contribution in [0.25, 0.3) is 16.5 Å². The summed E-state index contributed by atoms with van der Waals surface area (Å²) in [5.74, 6) is -3.07. The normalized spacial score (nSPS) is 43.4. The summed E-state index contributed by atoms with van der Waals surface area (Å²) in [4.78, 5) is 11.8. The lowest BCUT2D eigenvalue weighted by atomic mass is 9.40. The van der Waals surface area contributed by atoms with Crippen molar-refractivity contribution in [2.24, 2.45) is 34.5 Å². The maximum atomic E-state index is 12.3. The van der Waals surface area contributed by atoms with Crippen LogP contribution in [0.5, 0.6) is 0 Å². The molecule has 0 bridgehead atoms. The van der Waals surface area contributed by atoms with Gasteiger partial charge < -0.3 is 34.5 Å². The summed E-state index contributed by atoms with van der Waals surface area (Å²) in [5, 5.41) is 46.7. The van der Waals surface area contributed by atoms with E-state index in [4.69, 9.17) is 9.47 Å². The van der Waals surface area contributed by atoms with Crippen LogP contribution in [-0.4, -0.2) is 60.2 Å². The van der Waals surface area contributed by atoms with Gasteiger partial charge in [0.15, 0.2) is 5.79 Å². The van der Waals surface area contributed by atoms with Gasteiger partial charge >= 0.3 is 5.97 Å². The zero-order chi connectivity index (χ0) is 36.7. The van der Waals surface area contributed by atoms with Gasteiger partial charge in [-0.2, -0.15) is 0 Å². The van der Waals surface area contributed by atoms with Crippen molar-refractivity contribution in [1.82, 2.24) is 4.57 Å². The van der Waals surface area contributed by atoms with Crippen LogP contribution in [0.1, 0.15) is 135 Å². The van der Waals surface area contributed by atoms with Crippen LogP contribution in [-0.2, 0) is 32.5 Å². The zero-order valence-electron chi connectivity index (χ0n) is 31.9. The molecular formula is C43H57NO7. The number of nitrogens with zero attached hydrogens (tertiary/aromatic N) is 1. The van der Waals surface area contributed by atoms with E-state index in [1.807, 2.05) is 0 Å². The van der Waals surface area contributed by atoms with Gasteiger partial charge in [0.25, 0.3) is 0 Å². The van der Waals surface area contributed by atoms with Crippen molar-refractivity contribution in [2.75, 3.05) is 0 Å². The molecule has 7 aliphatic rings. The maximum Gasteiger partial charge on any atom is 0.308 e. The Balaban J connectivity index is 1.22. The summed E-state index contributed by atoms with van der Waals surface area (Å²) >= 11 is 0. The van der Waals surface area contributed by atoms with E-state index in [0.29, 0.717) is 18.8 Å². The van der Waals surface area contributed by atoms with E-state index in [1.165, 1.54) is 45.8 Å². The molecule has 9 rings (SSSR count). The molecule has 2 aromatic rings. The summed E-state index contributed by atoms with van der Waals surface area (Å²) in [7, 11) is 0. The van der Waals surface area contributed by atoms with Crippen LogP contribution in [0.4, 0.5) is 0 Å².